The van der Waals surface area contributed by atoms with Crippen LogP contribution in [-0.4, -0.2) is 18.2 Å². The van der Waals surface area contributed by atoms with Crippen LogP contribution in [0, 0.1) is 12.3 Å². The Morgan fingerprint density at radius 1 is 1.70 bits per heavy atom. The van der Waals surface area contributed by atoms with Gasteiger partial charge in [0.25, 0.3) is 0 Å². The summed E-state index contributed by atoms with van der Waals surface area (Å²) >= 11 is 0. The SMILES string of the molecule is CNc1cc(C)[nH]c1C=N. The minimum Gasteiger partial charge on any atom is -0.386 e. The molecule has 1 rings (SSSR count). The summed E-state index contributed by atoms with van der Waals surface area (Å²) in [5.41, 5.74) is 2.88. The summed E-state index contributed by atoms with van der Waals surface area (Å²) < 4.78 is 0. The number of aromatic nitrogens is 1. The number of rotatable bonds is 2. The topological polar surface area (TPSA) is 51.7 Å². The van der Waals surface area contributed by atoms with Crippen molar-refractivity contribution in [2.24, 2.45) is 0 Å². The molecule has 0 unspecified atom stereocenters. The van der Waals surface area contributed by atoms with Gasteiger partial charge in [0, 0.05) is 19.0 Å². The first-order valence-electron chi connectivity index (χ1n) is 3.15. The summed E-state index contributed by atoms with van der Waals surface area (Å²) in [6.45, 7) is 1.97. The highest BCUT2D eigenvalue weighted by molar-refractivity contribution is 5.83. The van der Waals surface area contributed by atoms with Gasteiger partial charge in [-0.2, -0.15) is 0 Å². The van der Waals surface area contributed by atoms with Gasteiger partial charge in [-0.05, 0) is 13.0 Å². The van der Waals surface area contributed by atoms with Gasteiger partial charge < -0.3 is 15.7 Å². The van der Waals surface area contributed by atoms with E-state index in [4.69, 9.17) is 5.41 Å². The third-order valence-corrected chi connectivity index (χ3v) is 1.40. The second kappa shape index (κ2) is 2.56. The van der Waals surface area contributed by atoms with Crippen molar-refractivity contribution < 1.29 is 0 Å². The Morgan fingerprint density at radius 3 is 2.80 bits per heavy atom. The Balaban J connectivity index is 3.08. The van der Waals surface area contributed by atoms with Gasteiger partial charge in [-0.3, -0.25) is 0 Å². The molecule has 0 aliphatic rings. The van der Waals surface area contributed by atoms with Crippen molar-refractivity contribution in [3.8, 4) is 0 Å². The maximum Gasteiger partial charge on any atom is 0.0796 e. The number of hydrogen-bond acceptors (Lipinski definition) is 2. The lowest BCUT2D eigenvalue weighted by molar-refractivity contribution is 1.25. The Bertz CT molecular complexity index is 237. The fourth-order valence-corrected chi connectivity index (χ4v) is 0.931. The summed E-state index contributed by atoms with van der Waals surface area (Å²) in [4.78, 5) is 3.04. The summed E-state index contributed by atoms with van der Waals surface area (Å²) in [7, 11) is 1.84. The second-order valence-electron chi connectivity index (χ2n) is 2.17. The molecule has 0 saturated carbocycles. The first-order chi connectivity index (χ1) is 4.77. The van der Waals surface area contributed by atoms with Crippen LogP contribution in [0.2, 0.25) is 0 Å². The molecule has 1 aromatic rings. The normalized spacial score (nSPS) is 9.40. The van der Waals surface area contributed by atoms with Crippen molar-refractivity contribution >= 4 is 11.9 Å². The molecule has 0 bridgehead atoms. The van der Waals surface area contributed by atoms with Gasteiger partial charge in [0.1, 0.15) is 0 Å². The molecule has 3 N–H and O–H groups in total. The number of aryl methyl sites for hydroxylation is 1. The lowest BCUT2D eigenvalue weighted by Crippen LogP contribution is -1.90. The molecule has 10 heavy (non-hydrogen) atoms. The van der Waals surface area contributed by atoms with E-state index in [1.54, 1.807) is 0 Å². The van der Waals surface area contributed by atoms with Gasteiger partial charge in [-0.1, -0.05) is 0 Å². The average Bonchev–Trinajstić information content (AvgIpc) is 2.30. The van der Waals surface area contributed by atoms with Crippen LogP contribution in [0.5, 0.6) is 0 Å². The predicted octanol–water partition coefficient (Wildman–Crippen LogP) is 1.36. The lowest BCUT2D eigenvalue weighted by atomic mass is 10.4. The molecule has 0 amide bonds. The van der Waals surface area contributed by atoms with E-state index in [1.165, 1.54) is 6.21 Å². The van der Waals surface area contributed by atoms with Crippen LogP contribution in [0.15, 0.2) is 6.07 Å². The zero-order chi connectivity index (χ0) is 7.56. The molecule has 0 saturated heterocycles. The van der Waals surface area contributed by atoms with Gasteiger partial charge in [-0.15, -0.1) is 0 Å². The molecule has 0 radical (unpaired) electrons. The van der Waals surface area contributed by atoms with Gasteiger partial charge in [0.2, 0.25) is 0 Å². The van der Waals surface area contributed by atoms with Gasteiger partial charge in [-0.25, -0.2) is 0 Å². The third-order valence-electron chi connectivity index (χ3n) is 1.40. The smallest absolute Gasteiger partial charge is 0.0796 e. The maximum atomic E-state index is 7.00. The fourth-order valence-electron chi connectivity index (χ4n) is 0.931. The van der Waals surface area contributed by atoms with E-state index in [0.717, 1.165) is 17.1 Å². The van der Waals surface area contributed by atoms with Crippen molar-refractivity contribution in [1.29, 1.82) is 5.41 Å². The standard InChI is InChI=1S/C7H11N3/c1-5-3-6(9-2)7(4-8)10-5/h3-4,8-10H,1-2H3. The largest absolute Gasteiger partial charge is 0.386 e. The highest BCUT2D eigenvalue weighted by atomic mass is 14.9. The zero-order valence-electron chi connectivity index (χ0n) is 6.15. The molecule has 3 heteroatoms. The van der Waals surface area contributed by atoms with E-state index in [2.05, 4.69) is 10.3 Å². The van der Waals surface area contributed by atoms with Crippen LogP contribution in [0.4, 0.5) is 5.69 Å². The first-order valence-corrected chi connectivity index (χ1v) is 3.15. The molecule has 3 nitrogen and oxygen atoms in total. The van der Waals surface area contributed by atoms with E-state index in [1.807, 2.05) is 20.0 Å². The molecule has 0 fully saturated rings. The maximum absolute atomic E-state index is 7.00. The van der Waals surface area contributed by atoms with Crippen molar-refractivity contribution in [3.63, 3.8) is 0 Å². The van der Waals surface area contributed by atoms with Crippen LogP contribution < -0.4 is 5.32 Å². The fraction of sp³-hybridized carbons (Fsp3) is 0.286. The second-order valence-corrected chi connectivity index (χ2v) is 2.17. The van der Waals surface area contributed by atoms with E-state index in [-0.39, 0.29) is 0 Å². The number of H-pyrrole nitrogens is 1. The number of anilines is 1. The predicted molar refractivity (Wildman–Crippen MR) is 43.0 cm³/mol. The molecule has 54 valence electrons. The molecule has 0 aliphatic carbocycles. The number of aromatic amines is 1. The summed E-state index contributed by atoms with van der Waals surface area (Å²) in [6, 6.07) is 1.97. The zero-order valence-corrected chi connectivity index (χ0v) is 6.15. The summed E-state index contributed by atoms with van der Waals surface area (Å²) in [5.74, 6) is 0. The van der Waals surface area contributed by atoms with Crippen LogP contribution >= 0.6 is 0 Å². The minimum atomic E-state index is 0.833. The van der Waals surface area contributed by atoms with E-state index >= 15 is 0 Å². The quantitative estimate of drug-likeness (QED) is 0.530. The van der Waals surface area contributed by atoms with Crippen molar-refractivity contribution in [3.05, 3.63) is 17.5 Å². The molecule has 0 spiro atoms. The number of hydrogen-bond donors (Lipinski definition) is 3. The molecule has 0 aliphatic heterocycles. The number of nitrogens with one attached hydrogen (secondary N) is 3. The van der Waals surface area contributed by atoms with Crippen LogP contribution in [0.1, 0.15) is 11.4 Å². The van der Waals surface area contributed by atoms with Gasteiger partial charge in [0.15, 0.2) is 0 Å². The van der Waals surface area contributed by atoms with Crippen LogP contribution in [-0.2, 0) is 0 Å². The van der Waals surface area contributed by atoms with Crippen molar-refractivity contribution in [2.45, 2.75) is 6.92 Å². The minimum absolute atomic E-state index is 0.833. The highest BCUT2D eigenvalue weighted by Crippen LogP contribution is 2.12. The Morgan fingerprint density at radius 2 is 2.40 bits per heavy atom. The molecular weight excluding hydrogens is 126 g/mol. The Kier molecular flexibility index (Phi) is 1.76. The highest BCUT2D eigenvalue weighted by Gasteiger charge is 1.99. The molecule has 1 aromatic heterocycles. The lowest BCUT2D eigenvalue weighted by Gasteiger charge is -1.93. The van der Waals surface area contributed by atoms with Gasteiger partial charge in [0.05, 0.1) is 11.4 Å². The molecular formula is C7H11N3. The summed E-state index contributed by atoms with van der Waals surface area (Å²) in [6.07, 6.45) is 1.30. The Hall–Kier alpha value is -1.25. The first kappa shape index (κ1) is 6.86. The van der Waals surface area contributed by atoms with Gasteiger partial charge >= 0.3 is 0 Å². The van der Waals surface area contributed by atoms with Crippen molar-refractivity contribution in [2.75, 3.05) is 12.4 Å². The summed E-state index contributed by atoms with van der Waals surface area (Å²) in [5, 5.41) is 9.99. The van der Waals surface area contributed by atoms with E-state index in [9.17, 15) is 0 Å². The van der Waals surface area contributed by atoms with E-state index < -0.39 is 0 Å². The van der Waals surface area contributed by atoms with Crippen LogP contribution in [0.25, 0.3) is 0 Å². The van der Waals surface area contributed by atoms with Crippen LogP contribution in [0.3, 0.4) is 0 Å². The monoisotopic (exact) mass is 137 g/mol. The Labute approximate surface area is 60.0 Å². The average molecular weight is 137 g/mol. The molecule has 0 atom stereocenters. The molecule has 0 aromatic carbocycles. The molecule has 1 heterocycles. The third kappa shape index (κ3) is 1.03. The van der Waals surface area contributed by atoms with Crippen molar-refractivity contribution in [1.82, 2.24) is 4.98 Å². The van der Waals surface area contributed by atoms with E-state index in [0.29, 0.717) is 0 Å².